The molecular weight excluding hydrogens is 216 g/mol. The van der Waals surface area contributed by atoms with E-state index in [1.54, 1.807) is 0 Å². The highest BCUT2D eigenvalue weighted by Gasteiger charge is 2.04. The Kier molecular flexibility index (Phi) is 1.68. The Hall–Kier alpha value is -0.830. The van der Waals surface area contributed by atoms with Gasteiger partial charge in [0.25, 0.3) is 0 Å². The summed E-state index contributed by atoms with van der Waals surface area (Å²) < 4.78 is 3.08. The van der Waals surface area contributed by atoms with E-state index < -0.39 is 0 Å². The minimum atomic E-state index is 1.03. The Balaban J connectivity index is 2.97. The van der Waals surface area contributed by atoms with E-state index in [1.165, 1.54) is 11.1 Å². The number of hydrogen-bond acceptors (Lipinski definition) is 1. The van der Waals surface area contributed by atoms with Crippen molar-refractivity contribution in [2.45, 2.75) is 13.8 Å². The van der Waals surface area contributed by atoms with Crippen molar-refractivity contribution >= 4 is 21.6 Å². The molecule has 0 amide bonds. The van der Waals surface area contributed by atoms with Crippen LogP contribution >= 0.6 is 15.9 Å². The Morgan fingerprint density at radius 3 is 2.92 bits per heavy atom. The van der Waals surface area contributed by atoms with Crippen LogP contribution in [0.3, 0.4) is 0 Å². The molecule has 2 aromatic heterocycles. The number of pyridine rings is 1. The minimum absolute atomic E-state index is 1.03. The van der Waals surface area contributed by atoms with Gasteiger partial charge in [-0.2, -0.15) is 0 Å². The van der Waals surface area contributed by atoms with Crippen molar-refractivity contribution in [3.05, 3.63) is 34.2 Å². The molecule has 0 radical (unpaired) electrons. The summed E-state index contributed by atoms with van der Waals surface area (Å²) in [5, 5.41) is 0. The molecule has 0 aliphatic carbocycles. The fourth-order valence-electron chi connectivity index (χ4n) is 1.29. The monoisotopic (exact) mass is 224 g/mol. The Morgan fingerprint density at radius 2 is 2.17 bits per heavy atom. The molecular formula is C9H9BrN2. The molecule has 2 nitrogen and oxygen atoms in total. The summed E-state index contributed by atoms with van der Waals surface area (Å²) in [5.74, 6) is 0. The van der Waals surface area contributed by atoms with Crippen LogP contribution in [0.5, 0.6) is 0 Å². The molecule has 0 aliphatic rings. The lowest BCUT2D eigenvalue weighted by atomic mass is 10.2. The maximum absolute atomic E-state index is 4.27. The highest BCUT2D eigenvalue weighted by molar-refractivity contribution is 9.10. The van der Waals surface area contributed by atoms with Gasteiger partial charge in [0, 0.05) is 12.4 Å². The molecule has 0 N–H and O–H groups in total. The molecule has 12 heavy (non-hydrogen) atoms. The van der Waals surface area contributed by atoms with Gasteiger partial charge in [-0.25, -0.2) is 4.98 Å². The van der Waals surface area contributed by atoms with Crippen molar-refractivity contribution in [1.29, 1.82) is 0 Å². The quantitative estimate of drug-likeness (QED) is 0.630. The predicted molar refractivity (Wildman–Crippen MR) is 52.4 cm³/mol. The van der Waals surface area contributed by atoms with Crippen molar-refractivity contribution in [2.75, 3.05) is 0 Å². The molecule has 0 bridgehead atoms. The van der Waals surface area contributed by atoms with Gasteiger partial charge in [-0.1, -0.05) is 0 Å². The van der Waals surface area contributed by atoms with E-state index in [2.05, 4.69) is 40.8 Å². The van der Waals surface area contributed by atoms with Gasteiger partial charge < -0.3 is 0 Å². The molecule has 2 rings (SSSR count). The molecule has 0 saturated carbocycles. The molecule has 0 spiro atoms. The highest BCUT2D eigenvalue weighted by atomic mass is 79.9. The molecule has 2 heterocycles. The van der Waals surface area contributed by atoms with Crippen molar-refractivity contribution in [2.24, 2.45) is 0 Å². The van der Waals surface area contributed by atoms with Crippen molar-refractivity contribution < 1.29 is 0 Å². The van der Waals surface area contributed by atoms with Crippen LogP contribution in [0.4, 0.5) is 0 Å². The Labute approximate surface area is 79.4 Å². The average Bonchev–Trinajstić information content (AvgIpc) is 2.48. The third-order valence-corrected chi connectivity index (χ3v) is 2.74. The van der Waals surface area contributed by atoms with E-state index in [0.717, 1.165) is 10.3 Å². The SMILES string of the molecule is Cc1cc(Br)n2ccnc2c1C. The van der Waals surface area contributed by atoms with Gasteiger partial charge >= 0.3 is 0 Å². The standard InChI is InChI=1S/C9H9BrN2/c1-6-5-8(10)12-4-3-11-9(12)7(6)2/h3-5H,1-2H3. The lowest BCUT2D eigenvalue weighted by Crippen LogP contribution is -1.92. The van der Waals surface area contributed by atoms with Crippen molar-refractivity contribution in [1.82, 2.24) is 9.38 Å². The Morgan fingerprint density at radius 1 is 1.42 bits per heavy atom. The zero-order valence-electron chi connectivity index (χ0n) is 7.00. The van der Waals surface area contributed by atoms with E-state index in [0.29, 0.717) is 0 Å². The van der Waals surface area contributed by atoms with Crippen molar-refractivity contribution in [3.63, 3.8) is 0 Å². The van der Waals surface area contributed by atoms with Crippen LogP contribution in [0.15, 0.2) is 23.1 Å². The summed E-state index contributed by atoms with van der Waals surface area (Å²) in [5.41, 5.74) is 3.53. The van der Waals surface area contributed by atoms with Gasteiger partial charge in [-0.15, -0.1) is 0 Å². The first-order chi connectivity index (χ1) is 5.70. The summed E-state index contributed by atoms with van der Waals surface area (Å²) in [6.07, 6.45) is 3.76. The van der Waals surface area contributed by atoms with Crippen LogP contribution in [0, 0.1) is 13.8 Å². The molecule has 2 aromatic rings. The third-order valence-electron chi connectivity index (χ3n) is 2.13. The maximum Gasteiger partial charge on any atom is 0.140 e. The minimum Gasteiger partial charge on any atom is -0.294 e. The predicted octanol–water partition coefficient (Wildman–Crippen LogP) is 2.71. The first kappa shape index (κ1) is 7.80. The molecule has 0 fully saturated rings. The zero-order valence-corrected chi connectivity index (χ0v) is 8.59. The smallest absolute Gasteiger partial charge is 0.140 e. The summed E-state index contributed by atoms with van der Waals surface area (Å²) >= 11 is 3.48. The van der Waals surface area contributed by atoms with Gasteiger partial charge in [0.1, 0.15) is 5.65 Å². The number of aromatic nitrogens is 2. The van der Waals surface area contributed by atoms with Crippen LogP contribution in [-0.2, 0) is 0 Å². The number of nitrogens with zero attached hydrogens (tertiary/aromatic N) is 2. The summed E-state index contributed by atoms with van der Waals surface area (Å²) in [4.78, 5) is 4.27. The van der Waals surface area contributed by atoms with E-state index in [4.69, 9.17) is 0 Å². The maximum atomic E-state index is 4.27. The van der Waals surface area contributed by atoms with E-state index in [1.807, 2.05) is 16.8 Å². The van der Waals surface area contributed by atoms with E-state index in [9.17, 15) is 0 Å². The number of hydrogen-bond donors (Lipinski definition) is 0. The van der Waals surface area contributed by atoms with Gasteiger partial charge in [0.2, 0.25) is 0 Å². The first-order valence-electron chi connectivity index (χ1n) is 3.79. The van der Waals surface area contributed by atoms with Gasteiger partial charge in [-0.3, -0.25) is 4.40 Å². The first-order valence-corrected chi connectivity index (χ1v) is 4.58. The van der Waals surface area contributed by atoms with Crippen molar-refractivity contribution in [3.8, 4) is 0 Å². The second kappa shape index (κ2) is 2.59. The summed E-state index contributed by atoms with van der Waals surface area (Å²) in [6, 6.07) is 2.10. The molecule has 0 aromatic carbocycles. The highest BCUT2D eigenvalue weighted by Crippen LogP contribution is 2.19. The Bertz CT molecular complexity index is 431. The molecule has 0 unspecified atom stereocenters. The summed E-state index contributed by atoms with van der Waals surface area (Å²) in [7, 11) is 0. The van der Waals surface area contributed by atoms with Crippen LogP contribution in [0.25, 0.3) is 5.65 Å². The normalized spacial score (nSPS) is 10.9. The molecule has 62 valence electrons. The molecule has 0 atom stereocenters. The van der Waals surface area contributed by atoms with Crippen LogP contribution in [0.2, 0.25) is 0 Å². The van der Waals surface area contributed by atoms with Crippen LogP contribution in [0.1, 0.15) is 11.1 Å². The van der Waals surface area contributed by atoms with E-state index >= 15 is 0 Å². The number of rotatable bonds is 0. The average molecular weight is 225 g/mol. The van der Waals surface area contributed by atoms with Gasteiger partial charge in [0.15, 0.2) is 0 Å². The van der Waals surface area contributed by atoms with Crippen LogP contribution < -0.4 is 0 Å². The molecule has 0 aliphatic heterocycles. The number of aryl methyl sites for hydroxylation is 2. The lowest BCUT2D eigenvalue weighted by Gasteiger charge is -2.04. The second-order valence-electron chi connectivity index (χ2n) is 2.90. The lowest BCUT2D eigenvalue weighted by molar-refractivity contribution is 1.10. The number of fused-ring (bicyclic) bond motifs is 1. The van der Waals surface area contributed by atoms with Gasteiger partial charge in [-0.05, 0) is 47.0 Å². The van der Waals surface area contributed by atoms with E-state index in [-0.39, 0.29) is 0 Å². The third kappa shape index (κ3) is 0.966. The zero-order chi connectivity index (χ0) is 8.72. The van der Waals surface area contributed by atoms with Crippen LogP contribution in [-0.4, -0.2) is 9.38 Å². The molecule has 0 saturated heterocycles. The number of imidazole rings is 1. The topological polar surface area (TPSA) is 17.3 Å². The fraction of sp³-hybridized carbons (Fsp3) is 0.222. The second-order valence-corrected chi connectivity index (χ2v) is 3.71. The van der Waals surface area contributed by atoms with Gasteiger partial charge in [0.05, 0.1) is 4.60 Å². The molecule has 3 heteroatoms. The largest absolute Gasteiger partial charge is 0.294 e. The fourth-order valence-corrected chi connectivity index (χ4v) is 1.92. The summed E-state index contributed by atoms with van der Waals surface area (Å²) in [6.45, 7) is 4.18. The number of halogens is 1.